The van der Waals surface area contributed by atoms with Gasteiger partial charge in [-0.05, 0) is 125 Å². The van der Waals surface area contributed by atoms with E-state index >= 15 is 0 Å². The molecule has 234 valence electrons. The summed E-state index contributed by atoms with van der Waals surface area (Å²) in [7, 11) is -3.82. The van der Waals surface area contributed by atoms with Crippen molar-refractivity contribution in [3.8, 4) is 0 Å². The van der Waals surface area contributed by atoms with Crippen molar-refractivity contribution in [2.75, 3.05) is 17.1 Å². The smallest absolute Gasteiger partial charge is 0.244 e. The number of hydrogen-bond donors (Lipinski definition) is 1. The predicted octanol–water partition coefficient (Wildman–Crippen LogP) is 6.56. The first-order valence-electron chi connectivity index (χ1n) is 15.2. The zero-order chi connectivity index (χ0) is 31.3. The summed E-state index contributed by atoms with van der Waals surface area (Å²) in [5.74, 6) is 1.56. The van der Waals surface area contributed by atoms with Crippen molar-refractivity contribution in [2.24, 2.45) is 17.8 Å². The highest BCUT2D eigenvalue weighted by molar-refractivity contribution is 7.92. The van der Waals surface area contributed by atoms with E-state index in [2.05, 4.69) is 17.4 Å². The molecule has 4 aliphatic carbocycles. The van der Waals surface area contributed by atoms with Crippen LogP contribution in [0.1, 0.15) is 77.3 Å². The number of benzene rings is 2. The van der Waals surface area contributed by atoms with Crippen molar-refractivity contribution >= 4 is 50.7 Å². The van der Waals surface area contributed by atoms with Gasteiger partial charge in [0.1, 0.15) is 12.6 Å². The highest BCUT2D eigenvalue weighted by Crippen LogP contribution is 2.60. The quantitative estimate of drug-likeness (QED) is 0.334. The minimum atomic E-state index is -3.82. The molecule has 1 N–H and O–H groups in total. The molecular weight excluding hydrogens is 605 g/mol. The Bertz CT molecular complexity index is 1450. The van der Waals surface area contributed by atoms with Gasteiger partial charge in [-0.2, -0.15) is 0 Å². The van der Waals surface area contributed by atoms with Gasteiger partial charge >= 0.3 is 0 Å². The van der Waals surface area contributed by atoms with Crippen molar-refractivity contribution in [1.29, 1.82) is 0 Å². The van der Waals surface area contributed by atoms with E-state index in [1.54, 1.807) is 25.1 Å². The van der Waals surface area contributed by atoms with Crippen LogP contribution in [0.2, 0.25) is 10.0 Å². The van der Waals surface area contributed by atoms with E-state index in [-0.39, 0.29) is 17.9 Å². The van der Waals surface area contributed by atoms with Gasteiger partial charge in [0, 0.05) is 12.1 Å². The summed E-state index contributed by atoms with van der Waals surface area (Å²) < 4.78 is 27.3. The van der Waals surface area contributed by atoms with Gasteiger partial charge in [0.2, 0.25) is 21.8 Å². The van der Waals surface area contributed by atoms with Crippen LogP contribution in [-0.4, -0.2) is 49.5 Å². The topological polar surface area (TPSA) is 86.8 Å². The summed E-state index contributed by atoms with van der Waals surface area (Å²) in [5, 5.41) is 3.63. The molecule has 0 aromatic heterocycles. The minimum Gasteiger partial charge on any atom is -0.350 e. The number of amides is 2. The van der Waals surface area contributed by atoms with Gasteiger partial charge in [-0.1, -0.05) is 41.4 Å². The Kier molecular flexibility index (Phi) is 8.89. The van der Waals surface area contributed by atoms with E-state index in [1.165, 1.54) is 49.0 Å². The number of carbonyl (C=O) groups is 2. The fourth-order valence-electron chi connectivity index (χ4n) is 7.95. The molecule has 7 nitrogen and oxygen atoms in total. The van der Waals surface area contributed by atoms with Gasteiger partial charge in [-0.3, -0.25) is 13.9 Å². The Balaban J connectivity index is 1.40. The minimum absolute atomic E-state index is 0.0526. The molecule has 0 radical (unpaired) electrons. The van der Waals surface area contributed by atoms with Crippen LogP contribution in [0.4, 0.5) is 5.69 Å². The van der Waals surface area contributed by atoms with Crippen LogP contribution in [0.25, 0.3) is 0 Å². The third-order valence-electron chi connectivity index (χ3n) is 9.49. The summed E-state index contributed by atoms with van der Waals surface area (Å²) in [6.45, 7) is 6.84. The van der Waals surface area contributed by atoms with E-state index < -0.39 is 34.1 Å². The van der Waals surface area contributed by atoms with Crippen molar-refractivity contribution < 1.29 is 18.0 Å². The first kappa shape index (κ1) is 32.1. The van der Waals surface area contributed by atoms with Crippen LogP contribution in [0.5, 0.6) is 0 Å². The average Bonchev–Trinajstić information content (AvgIpc) is 2.89. The summed E-state index contributed by atoms with van der Waals surface area (Å²) >= 11 is 12.3. The van der Waals surface area contributed by atoms with Gasteiger partial charge < -0.3 is 10.2 Å². The van der Waals surface area contributed by atoms with Crippen LogP contribution in [0.3, 0.4) is 0 Å². The molecule has 2 amide bonds. The van der Waals surface area contributed by atoms with E-state index in [0.717, 1.165) is 28.3 Å². The fourth-order valence-corrected chi connectivity index (χ4v) is 9.12. The van der Waals surface area contributed by atoms with Gasteiger partial charge in [0.15, 0.2) is 0 Å². The summed E-state index contributed by atoms with van der Waals surface area (Å²) in [5.41, 5.74) is 2.06. The largest absolute Gasteiger partial charge is 0.350 e. The van der Waals surface area contributed by atoms with Crippen molar-refractivity contribution in [3.63, 3.8) is 0 Å². The maximum Gasteiger partial charge on any atom is 0.244 e. The molecule has 0 heterocycles. The second-order valence-corrected chi connectivity index (χ2v) is 16.9. The second kappa shape index (κ2) is 11.9. The van der Waals surface area contributed by atoms with Gasteiger partial charge in [0.25, 0.3) is 0 Å². The monoisotopic (exact) mass is 647 g/mol. The van der Waals surface area contributed by atoms with Crippen molar-refractivity contribution in [2.45, 2.75) is 89.8 Å². The van der Waals surface area contributed by atoms with E-state index in [0.29, 0.717) is 21.3 Å². The molecule has 0 saturated heterocycles. The highest BCUT2D eigenvalue weighted by Gasteiger charge is 2.51. The molecule has 10 heteroatoms. The van der Waals surface area contributed by atoms with E-state index in [4.69, 9.17) is 23.2 Å². The van der Waals surface area contributed by atoms with Crippen LogP contribution >= 0.6 is 23.2 Å². The van der Waals surface area contributed by atoms with Gasteiger partial charge in [-0.25, -0.2) is 8.42 Å². The standard InChI is InChI=1S/C33H43Cl2N3O4S/c1-21(31(40)36-32(2,3)4)37(19-22-6-11-28(34)29(35)15-22)30(39)20-38(43(5,41)42)27-9-7-26(8-10-27)33-16-23-12-24(17-33)14-25(13-23)18-33/h6-11,15,21,23-25H,12-14,16-20H2,1-5H3,(H,36,40)/t21-,23?,24?,25?,33?/m0/s1. The Hall–Kier alpha value is -2.29. The normalized spacial score (nSPS) is 25.3. The van der Waals surface area contributed by atoms with Gasteiger partial charge in [-0.15, -0.1) is 0 Å². The number of anilines is 1. The molecule has 0 unspecified atom stereocenters. The Morgan fingerprint density at radius 3 is 2.00 bits per heavy atom. The second-order valence-electron chi connectivity index (χ2n) is 14.2. The van der Waals surface area contributed by atoms with E-state index in [9.17, 15) is 18.0 Å². The zero-order valence-electron chi connectivity index (χ0n) is 25.7. The molecule has 43 heavy (non-hydrogen) atoms. The first-order valence-corrected chi connectivity index (χ1v) is 17.8. The number of nitrogens with one attached hydrogen (secondary N) is 1. The maximum atomic E-state index is 13.9. The van der Waals surface area contributed by atoms with Crippen LogP contribution in [0, 0.1) is 17.8 Å². The summed E-state index contributed by atoms with van der Waals surface area (Å²) in [4.78, 5) is 28.5. The molecular formula is C33H43Cl2N3O4S. The lowest BCUT2D eigenvalue weighted by Gasteiger charge is -2.57. The molecule has 2 aromatic rings. The molecule has 0 spiro atoms. The maximum absolute atomic E-state index is 13.9. The third kappa shape index (κ3) is 7.18. The number of rotatable bonds is 9. The summed E-state index contributed by atoms with van der Waals surface area (Å²) in [6.07, 6.45) is 8.80. The molecule has 4 aliphatic rings. The molecule has 4 saturated carbocycles. The lowest BCUT2D eigenvalue weighted by Crippen LogP contribution is -2.54. The molecule has 2 aromatic carbocycles. The number of carbonyl (C=O) groups excluding carboxylic acids is 2. The lowest BCUT2D eigenvalue weighted by atomic mass is 9.48. The third-order valence-corrected chi connectivity index (χ3v) is 11.4. The van der Waals surface area contributed by atoms with Crippen LogP contribution in [0.15, 0.2) is 42.5 Å². The Morgan fingerprint density at radius 2 is 1.51 bits per heavy atom. The van der Waals surface area contributed by atoms with E-state index in [1.807, 2.05) is 32.9 Å². The SMILES string of the molecule is C[C@@H](C(=O)NC(C)(C)C)N(Cc1ccc(Cl)c(Cl)c1)C(=O)CN(c1ccc(C23CC4CC(CC(C4)C2)C3)cc1)S(C)(=O)=O. The van der Waals surface area contributed by atoms with Crippen molar-refractivity contribution in [3.05, 3.63) is 63.6 Å². The van der Waals surface area contributed by atoms with Crippen LogP contribution < -0.4 is 9.62 Å². The number of sulfonamides is 1. The molecule has 1 atom stereocenters. The van der Waals surface area contributed by atoms with Crippen LogP contribution in [-0.2, 0) is 31.6 Å². The number of nitrogens with zero attached hydrogens (tertiary/aromatic N) is 2. The summed E-state index contributed by atoms with van der Waals surface area (Å²) in [6, 6.07) is 12.0. The lowest BCUT2D eigenvalue weighted by molar-refractivity contribution is -0.140. The highest BCUT2D eigenvalue weighted by atomic mass is 35.5. The Labute approximate surface area is 266 Å². The first-order chi connectivity index (χ1) is 20.0. The number of hydrogen-bond acceptors (Lipinski definition) is 4. The zero-order valence-corrected chi connectivity index (χ0v) is 28.0. The predicted molar refractivity (Wildman–Crippen MR) is 173 cm³/mol. The fraction of sp³-hybridized carbons (Fsp3) is 0.576. The molecule has 4 bridgehead atoms. The Morgan fingerprint density at radius 1 is 0.953 bits per heavy atom. The van der Waals surface area contributed by atoms with Gasteiger partial charge in [0.05, 0.1) is 22.0 Å². The number of halogens is 2. The van der Waals surface area contributed by atoms with Crippen molar-refractivity contribution in [1.82, 2.24) is 10.2 Å². The molecule has 6 rings (SSSR count). The molecule has 0 aliphatic heterocycles. The average molecular weight is 649 g/mol. The molecule has 4 fully saturated rings.